The van der Waals surface area contributed by atoms with Crippen molar-refractivity contribution in [3.63, 3.8) is 0 Å². The Kier molecular flexibility index (Phi) is 8.46. The van der Waals surface area contributed by atoms with Crippen molar-refractivity contribution < 1.29 is 13.2 Å². The summed E-state index contributed by atoms with van der Waals surface area (Å²) in [7, 11) is -0.357. The lowest BCUT2D eigenvalue weighted by atomic mass is 9.99. The minimum atomic E-state index is -4.11. The van der Waals surface area contributed by atoms with Crippen LogP contribution < -0.4 is 9.62 Å². The number of hydrogen-bond donors (Lipinski definition) is 1. The molecule has 10 heteroatoms. The molecular formula is C28H32ClN5O3S. The number of hydrogen-bond acceptors (Lipinski definition) is 5. The second-order valence-electron chi connectivity index (χ2n) is 9.73. The Balaban J connectivity index is 1.58. The highest BCUT2D eigenvalue weighted by molar-refractivity contribution is 7.89. The van der Waals surface area contributed by atoms with E-state index < -0.39 is 16.1 Å². The summed E-state index contributed by atoms with van der Waals surface area (Å²) in [5.41, 5.74) is 4.36. The zero-order valence-electron chi connectivity index (χ0n) is 21.8. The van der Waals surface area contributed by atoms with Gasteiger partial charge in [-0.25, -0.2) is 8.42 Å². The van der Waals surface area contributed by atoms with Gasteiger partial charge in [0.05, 0.1) is 5.02 Å². The van der Waals surface area contributed by atoms with Gasteiger partial charge in [-0.1, -0.05) is 35.9 Å². The molecule has 3 aromatic rings. The van der Waals surface area contributed by atoms with E-state index in [0.717, 1.165) is 24.9 Å². The number of nitriles is 1. The zero-order valence-corrected chi connectivity index (χ0v) is 23.4. The van der Waals surface area contributed by atoms with Gasteiger partial charge in [0.15, 0.2) is 0 Å². The molecule has 0 saturated heterocycles. The van der Waals surface area contributed by atoms with Crippen LogP contribution >= 0.6 is 11.6 Å². The molecule has 0 aliphatic carbocycles. The number of anilines is 1. The number of amides is 1. The van der Waals surface area contributed by atoms with Crippen molar-refractivity contribution in [1.82, 2.24) is 14.2 Å². The van der Waals surface area contributed by atoms with E-state index in [2.05, 4.69) is 34.9 Å². The Hall–Kier alpha value is -3.32. The van der Waals surface area contributed by atoms with Gasteiger partial charge in [0, 0.05) is 45.6 Å². The SMILES string of the molecule is Cc1cccc(Cl)c1S(=O)(=O)NC(CCn1cccc1C#N)C(=O)N(C)Cc1ccc2c(c1)CCCN2C. The van der Waals surface area contributed by atoms with Crippen LogP contribution in [0.15, 0.2) is 59.6 Å². The largest absolute Gasteiger partial charge is 0.374 e. The molecule has 4 rings (SSSR count). The average Bonchev–Trinajstić information content (AvgIpc) is 3.33. The summed E-state index contributed by atoms with van der Waals surface area (Å²) in [5, 5.41) is 9.45. The van der Waals surface area contributed by atoms with Crippen LogP contribution in [0.3, 0.4) is 0 Å². The molecule has 1 unspecified atom stereocenters. The van der Waals surface area contributed by atoms with Crippen LogP contribution in [0.2, 0.25) is 5.02 Å². The summed E-state index contributed by atoms with van der Waals surface area (Å²) in [6.07, 6.45) is 3.96. The van der Waals surface area contributed by atoms with E-state index in [1.54, 1.807) is 53.9 Å². The maximum absolute atomic E-state index is 13.7. The molecule has 38 heavy (non-hydrogen) atoms. The highest BCUT2D eigenvalue weighted by Crippen LogP contribution is 2.28. The van der Waals surface area contributed by atoms with Gasteiger partial charge < -0.3 is 14.4 Å². The lowest BCUT2D eigenvalue weighted by Gasteiger charge is -2.29. The van der Waals surface area contributed by atoms with Crippen LogP contribution in [-0.4, -0.2) is 50.5 Å². The Labute approximate surface area is 229 Å². The minimum absolute atomic E-state index is 0.0420. The van der Waals surface area contributed by atoms with Crippen LogP contribution in [0.1, 0.15) is 35.2 Å². The van der Waals surface area contributed by atoms with Gasteiger partial charge in [-0.3, -0.25) is 4.79 Å². The molecular weight excluding hydrogens is 522 g/mol. The molecule has 0 spiro atoms. The molecule has 2 aromatic carbocycles. The number of aryl methyl sites for hydroxylation is 3. The highest BCUT2D eigenvalue weighted by atomic mass is 35.5. The minimum Gasteiger partial charge on any atom is -0.374 e. The third kappa shape index (κ3) is 6.04. The van der Waals surface area contributed by atoms with Gasteiger partial charge in [-0.05, 0) is 67.1 Å². The molecule has 1 amide bonds. The third-order valence-corrected chi connectivity index (χ3v) is 9.02. The summed E-state index contributed by atoms with van der Waals surface area (Å²) < 4.78 is 31.1. The van der Waals surface area contributed by atoms with E-state index in [1.165, 1.54) is 17.3 Å². The third-order valence-electron chi connectivity index (χ3n) is 6.92. The van der Waals surface area contributed by atoms with Gasteiger partial charge in [0.25, 0.3) is 0 Å². The molecule has 0 fully saturated rings. The van der Waals surface area contributed by atoms with Crippen molar-refractivity contribution in [1.29, 1.82) is 5.26 Å². The first-order valence-corrected chi connectivity index (χ1v) is 14.4. The monoisotopic (exact) mass is 553 g/mol. The number of carbonyl (C=O) groups excluding carboxylic acids is 1. The van der Waals surface area contributed by atoms with Gasteiger partial charge in [-0.15, -0.1) is 0 Å². The number of sulfonamides is 1. The zero-order chi connectivity index (χ0) is 27.4. The summed E-state index contributed by atoms with van der Waals surface area (Å²) >= 11 is 6.25. The van der Waals surface area contributed by atoms with E-state index in [-0.39, 0.29) is 28.8 Å². The van der Waals surface area contributed by atoms with Crippen LogP contribution in [0.4, 0.5) is 5.69 Å². The number of nitrogens with one attached hydrogen (secondary N) is 1. The number of likely N-dealkylation sites (N-methyl/N-ethyl adjacent to an activating group) is 1. The average molecular weight is 554 g/mol. The molecule has 1 N–H and O–H groups in total. The van der Waals surface area contributed by atoms with Crippen molar-refractivity contribution in [2.45, 2.75) is 50.2 Å². The quantitative estimate of drug-likeness (QED) is 0.430. The molecule has 1 aliphatic heterocycles. The molecule has 2 heterocycles. The van der Waals surface area contributed by atoms with E-state index >= 15 is 0 Å². The number of nitrogens with zero attached hydrogens (tertiary/aromatic N) is 4. The number of fused-ring (bicyclic) bond motifs is 1. The fourth-order valence-electron chi connectivity index (χ4n) is 4.97. The first kappa shape index (κ1) is 27.7. The molecule has 0 bridgehead atoms. The van der Waals surface area contributed by atoms with Crippen molar-refractivity contribution in [2.24, 2.45) is 0 Å². The maximum Gasteiger partial charge on any atom is 0.243 e. The normalized spacial score (nSPS) is 14.0. The van der Waals surface area contributed by atoms with Crippen molar-refractivity contribution in [3.05, 3.63) is 82.1 Å². The summed E-state index contributed by atoms with van der Waals surface area (Å²) in [6.45, 7) is 3.31. The van der Waals surface area contributed by atoms with E-state index in [1.807, 2.05) is 6.07 Å². The Morgan fingerprint density at radius 2 is 2.03 bits per heavy atom. The second kappa shape index (κ2) is 11.6. The number of aromatic nitrogens is 1. The van der Waals surface area contributed by atoms with Crippen LogP contribution in [0, 0.1) is 18.3 Å². The van der Waals surface area contributed by atoms with E-state index in [9.17, 15) is 18.5 Å². The smallest absolute Gasteiger partial charge is 0.243 e. The number of benzene rings is 2. The molecule has 1 atom stereocenters. The van der Waals surface area contributed by atoms with Gasteiger partial charge >= 0.3 is 0 Å². The molecule has 0 radical (unpaired) electrons. The predicted octanol–water partition coefficient (Wildman–Crippen LogP) is 4.10. The molecule has 1 aromatic heterocycles. The summed E-state index contributed by atoms with van der Waals surface area (Å²) in [5.74, 6) is -0.362. The Bertz CT molecular complexity index is 1460. The first-order chi connectivity index (χ1) is 18.1. The van der Waals surface area contributed by atoms with E-state index in [0.29, 0.717) is 17.8 Å². The fourth-order valence-corrected chi connectivity index (χ4v) is 7.02. The van der Waals surface area contributed by atoms with Crippen molar-refractivity contribution in [3.8, 4) is 6.07 Å². The lowest BCUT2D eigenvalue weighted by molar-refractivity contribution is -0.132. The number of carbonyl (C=O) groups is 1. The van der Waals surface area contributed by atoms with Gasteiger partial charge in [0.2, 0.25) is 15.9 Å². The molecule has 8 nitrogen and oxygen atoms in total. The Morgan fingerprint density at radius 3 is 2.76 bits per heavy atom. The lowest BCUT2D eigenvalue weighted by Crippen LogP contribution is -2.47. The summed E-state index contributed by atoms with van der Waals surface area (Å²) in [6, 6.07) is 15.5. The fraction of sp³-hybridized carbons (Fsp3) is 0.357. The number of halogens is 1. The predicted molar refractivity (Wildman–Crippen MR) is 149 cm³/mol. The van der Waals surface area contributed by atoms with Gasteiger partial charge in [0.1, 0.15) is 22.7 Å². The van der Waals surface area contributed by atoms with Gasteiger partial charge in [-0.2, -0.15) is 9.98 Å². The highest BCUT2D eigenvalue weighted by Gasteiger charge is 2.30. The topological polar surface area (TPSA) is 98.4 Å². The molecule has 0 saturated carbocycles. The van der Waals surface area contributed by atoms with Crippen LogP contribution in [0.5, 0.6) is 0 Å². The van der Waals surface area contributed by atoms with Crippen molar-refractivity contribution >= 4 is 33.2 Å². The molecule has 200 valence electrons. The Morgan fingerprint density at radius 1 is 1.24 bits per heavy atom. The molecule has 1 aliphatic rings. The standard InChI is InChI=1S/C28H32ClN5O3S/c1-20-7-4-10-24(29)27(20)38(36,37)31-25(13-16-34-15-6-9-23(34)18-30)28(35)33(3)19-21-11-12-26-22(17-21)8-5-14-32(26)2/h4,6-7,9-12,15,17,25,31H,5,8,13-14,16,19H2,1-3H3. The van der Waals surface area contributed by atoms with Crippen molar-refractivity contribution in [2.75, 3.05) is 25.5 Å². The maximum atomic E-state index is 13.7. The van der Waals surface area contributed by atoms with Crippen LogP contribution in [-0.2, 0) is 34.3 Å². The summed E-state index contributed by atoms with van der Waals surface area (Å²) in [4.78, 5) is 17.4. The number of rotatable bonds is 9. The second-order valence-corrected chi connectivity index (χ2v) is 11.8. The van der Waals surface area contributed by atoms with E-state index in [4.69, 9.17) is 11.6 Å². The first-order valence-electron chi connectivity index (χ1n) is 12.5. The van der Waals surface area contributed by atoms with Crippen LogP contribution in [0.25, 0.3) is 0 Å².